The Morgan fingerprint density at radius 1 is 1.19 bits per heavy atom. The molecule has 1 rings (SSSR count). The van der Waals surface area contributed by atoms with Crippen LogP contribution >= 0.6 is 12.2 Å². The molecule has 1 fully saturated rings. The molecule has 0 aliphatic carbocycles. The van der Waals surface area contributed by atoms with Gasteiger partial charge in [-0.2, -0.15) is 0 Å². The second-order valence-electron chi connectivity index (χ2n) is 6.90. The first-order chi connectivity index (χ1) is 7.20. The Morgan fingerprint density at radius 2 is 1.75 bits per heavy atom. The maximum atomic E-state index is 5.35. The van der Waals surface area contributed by atoms with E-state index in [0.717, 1.165) is 24.7 Å². The molecule has 1 aliphatic rings. The van der Waals surface area contributed by atoms with Crippen LogP contribution in [0, 0.1) is 10.8 Å². The van der Waals surface area contributed by atoms with Crippen molar-refractivity contribution in [2.75, 3.05) is 19.6 Å². The van der Waals surface area contributed by atoms with Crippen molar-refractivity contribution in [1.29, 1.82) is 0 Å². The van der Waals surface area contributed by atoms with Gasteiger partial charge >= 0.3 is 0 Å². The number of thiocarbonyl (C=S) groups is 1. The van der Waals surface area contributed by atoms with E-state index in [4.69, 9.17) is 12.2 Å². The van der Waals surface area contributed by atoms with Gasteiger partial charge in [-0.15, -0.1) is 0 Å². The zero-order valence-corrected chi connectivity index (χ0v) is 12.2. The Bertz CT molecular complexity index is 249. The monoisotopic (exact) mass is 242 g/mol. The number of rotatable bonds is 3. The second kappa shape index (κ2) is 4.91. The summed E-state index contributed by atoms with van der Waals surface area (Å²) in [7, 11) is 0. The fourth-order valence-corrected chi connectivity index (χ4v) is 2.70. The molecule has 0 atom stereocenters. The Kier molecular flexibility index (Phi) is 4.22. The fourth-order valence-electron chi connectivity index (χ4n) is 2.44. The molecule has 3 heteroatoms. The van der Waals surface area contributed by atoms with Crippen molar-refractivity contribution in [1.82, 2.24) is 10.2 Å². The highest BCUT2D eigenvalue weighted by Crippen LogP contribution is 2.32. The lowest BCUT2D eigenvalue weighted by atomic mass is 9.76. The van der Waals surface area contributed by atoms with Crippen molar-refractivity contribution >= 4 is 17.3 Å². The van der Waals surface area contributed by atoms with E-state index in [0.29, 0.717) is 10.8 Å². The molecule has 0 saturated carbocycles. The number of hydrogen-bond acceptors (Lipinski definition) is 1. The molecule has 0 aromatic carbocycles. The zero-order chi connectivity index (χ0) is 12.4. The van der Waals surface area contributed by atoms with E-state index in [2.05, 4.69) is 44.8 Å². The normalized spacial score (nSPS) is 16.9. The SMILES string of the molecule is CC(C)(C)CC(C)(C)CNC(=S)N1CCC1. The quantitative estimate of drug-likeness (QED) is 0.766. The predicted molar refractivity (Wildman–Crippen MR) is 74.6 cm³/mol. The zero-order valence-electron chi connectivity index (χ0n) is 11.4. The summed E-state index contributed by atoms with van der Waals surface area (Å²) in [6.45, 7) is 14.7. The maximum Gasteiger partial charge on any atom is 0.168 e. The van der Waals surface area contributed by atoms with E-state index >= 15 is 0 Å². The summed E-state index contributed by atoms with van der Waals surface area (Å²) in [5.74, 6) is 0. The van der Waals surface area contributed by atoms with Crippen LogP contribution < -0.4 is 5.32 Å². The molecule has 1 saturated heterocycles. The molecule has 0 spiro atoms. The third-order valence-corrected chi connectivity index (χ3v) is 3.27. The third kappa shape index (κ3) is 4.69. The van der Waals surface area contributed by atoms with Crippen LogP contribution in [0.5, 0.6) is 0 Å². The van der Waals surface area contributed by atoms with Crippen LogP contribution in [-0.2, 0) is 0 Å². The van der Waals surface area contributed by atoms with Crippen LogP contribution in [-0.4, -0.2) is 29.6 Å². The van der Waals surface area contributed by atoms with Crippen molar-refractivity contribution in [2.45, 2.75) is 47.5 Å². The van der Waals surface area contributed by atoms with Crippen molar-refractivity contribution in [2.24, 2.45) is 10.8 Å². The van der Waals surface area contributed by atoms with E-state index in [1.54, 1.807) is 0 Å². The molecule has 2 nitrogen and oxygen atoms in total. The summed E-state index contributed by atoms with van der Waals surface area (Å²) in [5.41, 5.74) is 0.677. The number of nitrogens with one attached hydrogen (secondary N) is 1. The molecular formula is C13H26N2S. The summed E-state index contributed by atoms with van der Waals surface area (Å²) >= 11 is 5.35. The van der Waals surface area contributed by atoms with Crippen molar-refractivity contribution < 1.29 is 0 Å². The van der Waals surface area contributed by atoms with Gasteiger partial charge in [-0.25, -0.2) is 0 Å². The summed E-state index contributed by atoms with van der Waals surface area (Å²) in [6.07, 6.45) is 2.49. The van der Waals surface area contributed by atoms with Gasteiger partial charge in [0.25, 0.3) is 0 Å². The predicted octanol–water partition coefficient (Wildman–Crippen LogP) is 3.03. The average Bonchev–Trinajstić information content (AvgIpc) is 1.92. The van der Waals surface area contributed by atoms with Crippen molar-refractivity contribution in [3.8, 4) is 0 Å². The van der Waals surface area contributed by atoms with Crippen LogP contribution in [0.15, 0.2) is 0 Å². The molecule has 94 valence electrons. The smallest absolute Gasteiger partial charge is 0.168 e. The highest BCUT2D eigenvalue weighted by molar-refractivity contribution is 7.80. The van der Waals surface area contributed by atoms with Gasteiger partial charge in [0.05, 0.1) is 0 Å². The first kappa shape index (κ1) is 13.8. The van der Waals surface area contributed by atoms with Gasteiger partial charge in [0.15, 0.2) is 5.11 Å². The third-order valence-electron chi connectivity index (χ3n) is 2.87. The largest absolute Gasteiger partial charge is 0.362 e. The topological polar surface area (TPSA) is 15.3 Å². The van der Waals surface area contributed by atoms with E-state index in [1.807, 2.05) is 0 Å². The molecule has 0 aromatic heterocycles. The summed E-state index contributed by atoms with van der Waals surface area (Å²) in [4.78, 5) is 2.24. The lowest BCUT2D eigenvalue weighted by Crippen LogP contribution is -2.49. The highest BCUT2D eigenvalue weighted by Gasteiger charge is 2.26. The second-order valence-corrected chi connectivity index (χ2v) is 7.29. The number of hydrogen-bond donors (Lipinski definition) is 1. The van der Waals surface area contributed by atoms with Crippen LogP contribution in [0.1, 0.15) is 47.5 Å². The summed E-state index contributed by atoms with van der Waals surface area (Å²) < 4.78 is 0. The molecule has 0 amide bonds. The molecule has 16 heavy (non-hydrogen) atoms. The van der Waals surface area contributed by atoms with E-state index < -0.39 is 0 Å². The molecule has 0 unspecified atom stereocenters. The Labute approximate surface area is 106 Å². The lowest BCUT2D eigenvalue weighted by molar-refractivity contribution is 0.209. The summed E-state index contributed by atoms with van der Waals surface area (Å²) in [6, 6.07) is 0. The first-order valence-electron chi connectivity index (χ1n) is 6.22. The van der Waals surface area contributed by atoms with Gasteiger partial charge in [0.2, 0.25) is 0 Å². The van der Waals surface area contributed by atoms with Crippen molar-refractivity contribution in [3.05, 3.63) is 0 Å². The van der Waals surface area contributed by atoms with Crippen LogP contribution in [0.25, 0.3) is 0 Å². The Hall–Kier alpha value is -0.310. The van der Waals surface area contributed by atoms with Gasteiger partial charge in [0, 0.05) is 19.6 Å². The summed E-state index contributed by atoms with van der Waals surface area (Å²) in [5, 5.41) is 4.34. The molecule has 1 heterocycles. The van der Waals surface area contributed by atoms with E-state index in [1.165, 1.54) is 12.8 Å². The molecular weight excluding hydrogens is 216 g/mol. The average molecular weight is 242 g/mol. The van der Waals surface area contributed by atoms with E-state index in [-0.39, 0.29) is 0 Å². The van der Waals surface area contributed by atoms with Crippen LogP contribution in [0.4, 0.5) is 0 Å². The van der Waals surface area contributed by atoms with Gasteiger partial charge in [-0.3, -0.25) is 0 Å². The van der Waals surface area contributed by atoms with Gasteiger partial charge in [-0.05, 0) is 35.9 Å². The molecule has 1 N–H and O–H groups in total. The molecule has 0 bridgehead atoms. The minimum atomic E-state index is 0.299. The molecule has 1 aliphatic heterocycles. The van der Waals surface area contributed by atoms with Gasteiger partial charge in [-0.1, -0.05) is 34.6 Å². The van der Waals surface area contributed by atoms with E-state index in [9.17, 15) is 0 Å². The Morgan fingerprint density at radius 3 is 2.12 bits per heavy atom. The van der Waals surface area contributed by atoms with Crippen molar-refractivity contribution in [3.63, 3.8) is 0 Å². The fraction of sp³-hybridized carbons (Fsp3) is 0.923. The highest BCUT2D eigenvalue weighted by atomic mass is 32.1. The molecule has 0 radical (unpaired) electrons. The minimum Gasteiger partial charge on any atom is -0.362 e. The maximum absolute atomic E-state index is 5.35. The van der Waals surface area contributed by atoms with Crippen LogP contribution in [0.2, 0.25) is 0 Å². The van der Waals surface area contributed by atoms with Gasteiger partial charge < -0.3 is 10.2 Å². The van der Waals surface area contributed by atoms with Crippen LogP contribution in [0.3, 0.4) is 0 Å². The standard InChI is InChI=1S/C13H26N2S/c1-12(2,3)9-13(4,5)10-14-11(16)15-7-6-8-15/h6-10H2,1-5H3,(H,14,16). The number of nitrogens with zero attached hydrogens (tertiary/aromatic N) is 1. The minimum absolute atomic E-state index is 0.299. The molecule has 0 aromatic rings. The first-order valence-corrected chi connectivity index (χ1v) is 6.63. The number of likely N-dealkylation sites (tertiary alicyclic amines) is 1. The Balaban J connectivity index is 2.32. The van der Waals surface area contributed by atoms with Gasteiger partial charge in [0.1, 0.15) is 0 Å². The lowest BCUT2D eigenvalue weighted by Gasteiger charge is -2.37.